The lowest BCUT2D eigenvalue weighted by atomic mass is 10.1. The Labute approximate surface area is 219 Å². The zero-order valence-corrected chi connectivity index (χ0v) is 22.2. The van der Waals surface area contributed by atoms with Crippen molar-refractivity contribution in [1.82, 2.24) is 29.6 Å². The number of carbonyl (C=O) groups excluding carboxylic acids is 2. The first-order chi connectivity index (χ1) is 17.9. The van der Waals surface area contributed by atoms with Gasteiger partial charge < -0.3 is 20.4 Å². The van der Waals surface area contributed by atoms with E-state index in [-0.39, 0.29) is 49.9 Å². The fraction of sp³-hybridized carbons (Fsp3) is 0.417. The van der Waals surface area contributed by atoms with Gasteiger partial charge >= 0.3 is 0 Å². The Bertz CT molecular complexity index is 1380. The summed E-state index contributed by atoms with van der Waals surface area (Å²) in [6.45, 7) is 6.92. The van der Waals surface area contributed by atoms with Gasteiger partial charge in [-0.15, -0.1) is 0 Å². The molecule has 0 saturated carbocycles. The second-order valence-electron chi connectivity index (χ2n) is 8.68. The normalized spacial score (nSPS) is 17.5. The number of carbonyl (C=O) groups is 2. The second kappa shape index (κ2) is 11.4. The van der Waals surface area contributed by atoms with E-state index in [1.807, 2.05) is 0 Å². The molecule has 0 bridgehead atoms. The van der Waals surface area contributed by atoms with Gasteiger partial charge in [-0.1, -0.05) is 0 Å². The average Bonchev–Trinajstić information content (AvgIpc) is 3.46. The highest BCUT2D eigenvalue weighted by molar-refractivity contribution is 6.27. The number of hydrazone groups is 2. The van der Waals surface area contributed by atoms with Gasteiger partial charge in [0.05, 0.1) is 71.4 Å². The number of nitrogens with zero attached hydrogens (tertiary/aromatic N) is 8. The van der Waals surface area contributed by atoms with Crippen LogP contribution in [0.15, 0.2) is 21.3 Å². The number of hydrogen-bond donors (Lipinski definition) is 4. The quantitative estimate of drug-likeness (QED) is 0.382. The van der Waals surface area contributed by atoms with E-state index in [0.717, 1.165) is 0 Å². The maximum atomic E-state index is 12.1. The zero-order chi connectivity index (χ0) is 28.3. The molecule has 4 rings (SSSR count). The van der Waals surface area contributed by atoms with Gasteiger partial charge in [-0.25, -0.2) is 19.4 Å². The van der Waals surface area contributed by atoms with Crippen LogP contribution in [0.2, 0.25) is 0 Å². The van der Waals surface area contributed by atoms with E-state index in [4.69, 9.17) is 10.2 Å². The van der Waals surface area contributed by atoms with Crippen molar-refractivity contribution in [2.45, 2.75) is 34.2 Å². The van der Waals surface area contributed by atoms with Crippen LogP contribution < -0.4 is 0 Å². The monoisotopic (exact) mass is 528 g/mol. The largest absolute Gasteiger partial charge is 0.493 e. The maximum Gasteiger partial charge on any atom is 0.275 e. The molecule has 14 nitrogen and oxygen atoms in total. The molecule has 2 aromatic rings. The summed E-state index contributed by atoms with van der Waals surface area (Å²) in [5.74, 6) is -0.555. The average molecular weight is 529 g/mol. The Balaban J connectivity index is 0.000000215. The van der Waals surface area contributed by atoms with Crippen molar-refractivity contribution in [3.63, 3.8) is 0 Å². The molecule has 0 aromatic carbocycles. The van der Waals surface area contributed by atoms with Gasteiger partial charge in [0.1, 0.15) is 0 Å². The van der Waals surface area contributed by atoms with Crippen LogP contribution in [0.5, 0.6) is 11.8 Å². The molecule has 0 saturated heterocycles. The van der Waals surface area contributed by atoms with Gasteiger partial charge in [0.25, 0.3) is 11.8 Å². The molecule has 0 spiro atoms. The van der Waals surface area contributed by atoms with Crippen molar-refractivity contribution in [3.05, 3.63) is 33.7 Å². The summed E-state index contributed by atoms with van der Waals surface area (Å²) in [5.41, 5.74) is 4.20. The zero-order valence-electron chi connectivity index (χ0n) is 22.2. The van der Waals surface area contributed by atoms with Gasteiger partial charge in [0.15, 0.2) is 0 Å². The van der Waals surface area contributed by atoms with E-state index in [2.05, 4.69) is 20.4 Å². The summed E-state index contributed by atoms with van der Waals surface area (Å²) in [7, 11) is 3.25. The molecule has 4 N–H and O–H groups in total. The SMILES string of the molecule is CC1=NN(C)C(=O)/C1=C/c1c(C)nn(C)c1O.CC1=NN(CCO)C(=O)/C1=C/c1c(C)nn(CCO)c1O. The second-order valence-corrected chi connectivity index (χ2v) is 8.68. The summed E-state index contributed by atoms with van der Waals surface area (Å²) in [4.78, 5) is 23.9. The molecular formula is C24H32N8O6. The van der Waals surface area contributed by atoms with E-state index in [1.54, 1.807) is 47.9 Å². The highest BCUT2D eigenvalue weighted by atomic mass is 16.3. The van der Waals surface area contributed by atoms with E-state index >= 15 is 0 Å². The Morgan fingerprint density at radius 1 is 0.737 bits per heavy atom. The van der Waals surface area contributed by atoms with Crippen LogP contribution in [0.3, 0.4) is 0 Å². The Morgan fingerprint density at radius 3 is 1.76 bits per heavy atom. The molecule has 0 unspecified atom stereocenters. The smallest absolute Gasteiger partial charge is 0.275 e. The van der Waals surface area contributed by atoms with Crippen molar-refractivity contribution in [2.75, 3.05) is 26.8 Å². The lowest BCUT2D eigenvalue weighted by Gasteiger charge is -2.08. The number of aliphatic hydroxyl groups excluding tert-OH is 2. The molecule has 2 aliphatic rings. The van der Waals surface area contributed by atoms with Gasteiger partial charge in [-0.3, -0.25) is 9.59 Å². The Morgan fingerprint density at radius 2 is 1.26 bits per heavy atom. The maximum absolute atomic E-state index is 12.1. The summed E-state index contributed by atoms with van der Waals surface area (Å²) in [6, 6.07) is 0. The van der Waals surface area contributed by atoms with E-state index in [0.29, 0.717) is 45.1 Å². The van der Waals surface area contributed by atoms with Gasteiger partial charge in [-0.2, -0.15) is 20.4 Å². The lowest BCUT2D eigenvalue weighted by Crippen LogP contribution is -2.25. The van der Waals surface area contributed by atoms with Crippen LogP contribution in [0.1, 0.15) is 36.4 Å². The summed E-state index contributed by atoms with van der Waals surface area (Å²) < 4.78 is 2.65. The fourth-order valence-electron chi connectivity index (χ4n) is 3.93. The molecule has 204 valence electrons. The molecule has 0 aliphatic carbocycles. The number of aliphatic hydroxyl groups is 2. The Kier molecular flexibility index (Phi) is 8.48. The first-order valence-corrected chi connectivity index (χ1v) is 11.8. The number of aromatic nitrogens is 4. The van der Waals surface area contributed by atoms with E-state index in [9.17, 15) is 19.8 Å². The molecule has 4 heterocycles. The number of rotatable bonds is 6. The molecule has 2 aliphatic heterocycles. The summed E-state index contributed by atoms with van der Waals surface area (Å²) in [5, 5.41) is 56.5. The van der Waals surface area contributed by atoms with Crippen molar-refractivity contribution in [2.24, 2.45) is 17.3 Å². The summed E-state index contributed by atoms with van der Waals surface area (Å²) in [6.07, 6.45) is 3.16. The van der Waals surface area contributed by atoms with Crippen molar-refractivity contribution < 1.29 is 30.0 Å². The molecule has 2 amide bonds. The minimum Gasteiger partial charge on any atom is -0.493 e. The third-order valence-corrected chi connectivity index (χ3v) is 5.92. The highest BCUT2D eigenvalue weighted by Crippen LogP contribution is 2.27. The third kappa shape index (κ3) is 5.50. The number of amides is 2. The predicted octanol–water partition coefficient (Wildman–Crippen LogP) is 0.149. The standard InChI is InChI=1S/C13H18N4O4.C11H14N4O2/c1-8-10(12(20)16(14-8)3-5-18)7-11-9(2)15-17(4-6-19)13(11)21;1-6-8(10(16)14(3)12-6)5-9-7(2)13-15(4)11(9)17/h7,18-20H,3-6H2,1-2H3;5,16H,1-4H3/b11-7+;9-5+. The summed E-state index contributed by atoms with van der Waals surface area (Å²) >= 11 is 0. The third-order valence-electron chi connectivity index (χ3n) is 5.92. The van der Waals surface area contributed by atoms with Crippen LogP contribution >= 0.6 is 0 Å². The van der Waals surface area contributed by atoms with Gasteiger partial charge in [0, 0.05) is 14.1 Å². The number of aryl methyl sites for hydroxylation is 3. The van der Waals surface area contributed by atoms with Gasteiger partial charge in [0.2, 0.25) is 11.8 Å². The van der Waals surface area contributed by atoms with Crippen molar-refractivity contribution >= 4 is 35.4 Å². The van der Waals surface area contributed by atoms with Crippen LogP contribution in [-0.2, 0) is 23.2 Å². The molecule has 14 heteroatoms. The molecule has 0 fully saturated rings. The molecule has 38 heavy (non-hydrogen) atoms. The minimum absolute atomic E-state index is 0.0464. The minimum atomic E-state index is -0.324. The van der Waals surface area contributed by atoms with E-state index in [1.165, 1.54) is 25.5 Å². The lowest BCUT2D eigenvalue weighted by molar-refractivity contribution is -0.126. The van der Waals surface area contributed by atoms with Crippen molar-refractivity contribution in [3.8, 4) is 11.8 Å². The predicted molar refractivity (Wildman–Crippen MR) is 139 cm³/mol. The Hall–Kier alpha value is -4.30. The number of aromatic hydroxyl groups is 2. The van der Waals surface area contributed by atoms with E-state index < -0.39 is 0 Å². The first kappa shape index (κ1) is 28.3. The van der Waals surface area contributed by atoms with Crippen LogP contribution in [-0.4, -0.2) is 100 Å². The van der Waals surface area contributed by atoms with Crippen LogP contribution in [0.4, 0.5) is 0 Å². The molecule has 0 atom stereocenters. The molecular weight excluding hydrogens is 496 g/mol. The topological polar surface area (TPSA) is 182 Å². The first-order valence-electron chi connectivity index (χ1n) is 11.8. The number of β-amino-alcohol motifs (C(OH)–C–C–N with tert-alkyl or cyclic N) is 1. The fourth-order valence-corrected chi connectivity index (χ4v) is 3.93. The number of likely N-dealkylation sites (N-methyl/N-ethyl adjacent to an activating group) is 1. The highest BCUT2D eigenvalue weighted by Gasteiger charge is 2.28. The number of hydrogen-bond acceptors (Lipinski definition) is 10. The van der Waals surface area contributed by atoms with Gasteiger partial charge in [-0.05, 0) is 39.8 Å². The molecule has 0 radical (unpaired) electrons. The van der Waals surface area contributed by atoms with Crippen LogP contribution in [0, 0.1) is 13.8 Å². The van der Waals surface area contributed by atoms with Crippen molar-refractivity contribution in [1.29, 1.82) is 0 Å². The molecule has 2 aromatic heterocycles. The van der Waals surface area contributed by atoms with Crippen LogP contribution in [0.25, 0.3) is 12.2 Å².